The number of nitrogens with zero attached hydrogens (tertiary/aromatic N) is 3. The molecule has 1 aromatic heterocycles. The zero-order chi connectivity index (χ0) is 14.4. The second-order valence-corrected chi connectivity index (χ2v) is 4.33. The molecular weight excluding hydrogens is 262 g/mol. The lowest BCUT2D eigenvalue weighted by Gasteiger charge is -2.11. The van der Waals surface area contributed by atoms with Crippen molar-refractivity contribution in [3.63, 3.8) is 0 Å². The van der Waals surface area contributed by atoms with Gasteiger partial charge in [0.15, 0.2) is 0 Å². The molecule has 1 unspecified atom stereocenters. The Balaban J connectivity index is 1.74. The molecule has 0 saturated carbocycles. The number of rotatable bonds is 7. The van der Waals surface area contributed by atoms with Gasteiger partial charge in [-0.25, -0.2) is 0 Å². The van der Waals surface area contributed by atoms with E-state index in [2.05, 4.69) is 5.10 Å². The molecule has 0 radical (unpaired) electrons. The number of aliphatic hydroxyl groups is 1. The average Bonchev–Trinajstić information content (AvgIpc) is 2.88. The van der Waals surface area contributed by atoms with E-state index in [4.69, 9.17) is 4.74 Å². The third kappa shape index (κ3) is 4.15. The first-order chi connectivity index (χ1) is 9.65. The van der Waals surface area contributed by atoms with E-state index in [0.29, 0.717) is 6.61 Å². The Bertz CT molecular complexity index is 556. The molecule has 0 bridgehead atoms. The standard InChI is InChI=1S/C13H15N3O4/c17-13(8-15-7-12(6-14-15)16(18)19)10-20-9-11-4-2-1-3-5-11/h1-7,13,17H,8-10H2. The summed E-state index contributed by atoms with van der Waals surface area (Å²) < 4.78 is 6.71. The van der Waals surface area contributed by atoms with Crippen LogP contribution in [-0.4, -0.2) is 32.5 Å². The van der Waals surface area contributed by atoms with Crippen molar-refractivity contribution in [2.45, 2.75) is 19.3 Å². The summed E-state index contributed by atoms with van der Waals surface area (Å²) in [5, 5.41) is 24.1. The number of aliphatic hydroxyl groups excluding tert-OH is 1. The largest absolute Gasteiger partial charge is 0.389 e. The van der Waals surface area contributed by atoms with Gasteiger partial charge < -0.3 is 9.84 Å². The molecular formula is C13H15N3O4. The van der Waals surface area contributed by atoms with Crippen molar-refractivity contribution in [3.8, 4) is 0 Å². The molecule has 0 spiro atoms. The lowest BCUT2D eigenvalue weighted by Crippen LogP contribution is -2.22. The van der Waals surface area contributed by atoms with Gasteiger partial charge in [-0.15, -0.1) is 0 Å². The third-order valence-corrected chi connectivity index (χ3v) is 2.65. The number of aromatic nitrogens is 2. The van der Waals surface area contributed by atoms with Crippen LogP contribution in [0.3, 0.4) is 0 Å². The van der Waals surface area contributed by atoms with Crippen molar-refractivity contribution in [2.24, 2.45) is 0 Å². The zero-order valence-electron chi connectivity index (χ0n) is 10.8. The van der Waals surface area contributed by atoms with Crippen LogP contribution in [0.2, 0.25) is 0 Å². The molecule has 7 heteroatoms. The van der Waals surface area contributed by atoms with E-state index in [9.17, 15) is 15.2 Å². The van der Waals surface area contributed by atoms with Gasteiger partial charge in [0.05, 0.1) is 30.8 Å². The predicted molar refractivity (Wildman–Crippen MR) is 71.0 cm³/mol. The van der Waals surface area contributed by atoms with E-state index < -0.39 is 11.0 Å². The Morgan fingerprint density at radius 2 is 2.15 bits per heavy atom. The number of nitro groups is 1. The monoisotopic (exact) mass is 277 g/mol. The van der Waals surface area contributed by atoms with Crippen LogP contribution in [-0.2, 0) is 17.9 Å². The van der Waals surface area contributed by atoms with Crippen LogP contribution in [0.15, 0.2) is 42.7 Å². The second kappa shape index (κ2) is 6.78. The Kier molecular flexibility index (Phi) is 4.80. The number of hydrogen-bond acceptors (Lipinski definition) is 5. The summed E-state index contributed by atoms with van der Waals surface area (Å²) in [4.78, 5) is 9.97. The summed E-state index contributed by atoms with van der Waals surface area (Å²) in [6.45, 7) is 0.711. The van der Waals surface area contributed by atoms with Gasteiger partial charge in [-0.05, 0) is 5.56 Å². The van der Waals surface area contributed by atoms with Crippen LogP contribution in [0.4, 0.5) is 5.69 Å². The summed E-state index contributed by atoms with van der Waals surface area (Å²) in [5.41, 5.74) is 0.928. The maximum Gasteiger partial charge on any atom is 0.306 e. The van der Waals surface area contributed by atoms with E-state index in [0.717, 1.165) is 11.8 Å². The number of benzene rings is 1. The van der Waals surface area contributed by atoms with E-state index >= 15 is 0 Å². The topological polar surface area (TPSA) is 90.4 Å². The van der Waals surface area contributed by atoms with E-state index in [1.54, 1.807) is 0 Å². The molecule has 7 nitrogen and oxygen atoms in total. The second-order valence-electron chi connectivity index (χ2n) is 4.33. The molecule has 0 aliphatic carbocycles. The first-order valence-corrected chi connectivity index (χ1v) is 6.12. The lowest BCUT2D eigenvalue weighted by atomic mass is 10.2. The van der Waals surface area contributed by atoms with Gasteiger partial charge in [-0.1, -0.05) is 30.3 Å². The van der Waals surface area contributed by atoms with Crippen molar-refractivity contribution in [2.75, 3.05) is 6.61 Å². The van der Waals surface area contributed by atoms with Crippen LogP contribution >= 0.6 is 0 Å². The predicted octanol–water partition coefficient (Wildman–Crippen LogP) is 1.37. The summed E-state index contributed by atoms with van der Waals surface area (Å²) in [6, 6.07) is 9.62. The van der Waals surface area contributed by atoms with E-state index in [-0.39, 0.29) is 18.8 Å². The van der Waals surface area contributed by atoms with Crippen molar-refractivity contribution in [1.82, 2.24) is 9.78 Å². The molecule has 1 atom stereocenters. The molecule has 1 heterocycles. The molecule has 1 N–H and O–H groups in total. The molecule has 0 saturated heterocycles. The molecule has 2 rings (SSSR count). The van der Waals surface area contributed by atoms with Gasteiger partial charge >= 0.3 is 5.69 Å². The number of ether oxygens (including phenoxy) is 1. The molecule has 20 heavy (non-hydrogen) atoms. The maximum atomic E-state index is 10.5. The number of hydrogen-bond donors (Lipinski definition) is 1. The van der Waals surface area contributed by atoms with Crippen LogP contribution in [0.25, 0.3) is 0 Å². The highest BCUT2D eigenvalue weighted by atomic mass is 16.6. The van der Waals surface area contributed by atoms with Gasteiger partial charge in [-0.3, -0.25) is 14.8 Å². The normalized spacial score (nSPS) is 12.2. The van der Waals surface area contributed by atoms with Crippen molar-refractivity contribution >= 4 is 5.69 Å². The van der Waals surface area contributed by atoms with Gasteiger partial charge in [0.2, 0.25) is 0 Å². The lowest BCUT2D eigenvalue weighted by molar-refractivity contribution is -0.385. The minimum absolute atomic E-state index is 0.0950. The van der Waals surface area contributed by atoms with Gasteiger partial charge in [-0.2, -0.15) is 5.10 Å². The molecule has 106 valence electrons. The molecule has 0 amide bonds. The fraction of sp³-hybridized carbons (Fsp3) is 0.308. The summed E-state index contributed by atoms with van der Waals surface area (Å²) in [5.74, 6) is 0. The first-order valence-electron chi connectivity index (χ1n) is 6.12. The van der Waals surface area contributed by atoms with Crippen molar-refractivity contribution < 1.29 is 14.8 Å². The SMILES string of the molecule is O=[N+]([O-])c1cnn(CC(O)COCc2ccccc2)c1. The molecule has 0 aliphatic heterocycles. The maximum absolute atomic E-state index is 10.5. The van der Waals surface area contributed by atoms with Crippen LogP contribution in [0.5, 0.6) is 0 Å². The van der Waals surface area contributed by atoms with Crippen LogP contribution in [0, 0.1) is 10.1 Å². The highest BCUT2D eigenvalue weighted by Gasteiger charge is 2.12. The molecule has 1 aromatic carbocycles. The van der Waals surface area contributed by atoms with Gasteiger partial charge in [0.1, 0.15) is 12.4 Å². The minimum atomic E-state index is -0.766. The summed E-state index contributed by atoms with van der Waals surface area (Å²) in [7, 11) is 0. The zero-order valence-corrected chi connectivity index (χ0v) is 10.8. The van der Waals surface area contributed by atoms with E-state index in [1.165, 1.54) is 10.9 Å². The van der Waals surface area contributed by atoms with Gasteiger partial charge in [0.25, 0.3) is 0 Å². The van der Waals surface area contributed by atoms with Crippen molar-refractivity contribution in [3.05, 3.63) is 58.4 Å². The minimum Gasteiger partial charge on any atom is -0.389 e. The quantitative estimate of drug-likeness (QED) is 0.609. The Morgan fingerprint density at radius 1 is 1.40 bits per heavy atom. The molecule has 2 aromatic rings. The highest BCUT2D eigenvalue weighted by Crippen LogP contribution is 2.08. The van der Waals surface area contributed by atoms with Gasteiger partial charge in [0, 0.05) is 0 Å². The third-order valence-electron chi connectivity index (χ3n) is 2.65. The molecule has 0 fully saturated rings. The fourth-order valence-corrected chi connectivity index (χ4v) is 1.70. The Labute approximate surface area is 115 Å². The van der Waals surface area contributed by atoms with Crippen molar-refractivity contribution in [1.29, 1.82) is 0 Å². The molecule has 0 aliphatic rings. The Morgan fingerprint density at radius 3 is 2.80 bits per heavy atom. The fourth-order valence-electron chi connectivity index (χ4n) is 1.70. The highest BCUT2D eigenvalue weighted by molar-refractivity contribution is 5.20. The Hall–Kier alpha value is -2.25. The summed E-state index contributed by atoms with van der Waals surface area (Å²) >= 11 is 0. The smallest absolute Gasteiger partial charge is 0.306 e. The summed E-state index contributed by atoms with van der Waals surface area (Å²) in [6.07, 6.45) is 1.66. The average molecular weight is 277 g/mol. The van der Waals surface area contributed by atoms with Crippen LogP contribution in [0.1, 0.15) is 5.56 Å². The van der Waals surface area contributed by atoms with E-state index in [1.807, 2.05) is 30.3 Å². The van der Waals surface area contributed by atoms with Crippen LogP contribution < -0.4 is 0 Å². The first kappa shape index (κ1) is 14.2.